The fraction of sp³-hybridized carbons (Fsp3) is 0.320. The zero-order chi connectivity index (χ0) is 27.4. The number of benzene rings is 1. The molecule has 4 N–H and O–H groups in total. The normalized spacial score (nSPS) is 12.2. The summed E-state index contributed by atoms with van der Waals surface area (Å²) in [7, 11) is 0. The number of aromatic nitrogens is 6. The van der Waals surface area contributed by atoms with Crippen molar-refractivity contribution in [2.24, 2.45) is 0 Å². The summed E-state index contributed by atoms with van der Waals surface area (Å²) in [4.78, 5) is 12.5. The number of aryl methyl sites for hydroxylation is 2. The number of hydrogen-bond donors (Lipinski definition) is 3. The van der Waals surface area contributed by atoms with Crippen molar-refractivity contribution in [2.75, 3.05) is 12.3 Å². The van der Waals surface area contributed by atoms with Gasteiger partial charge in [-0.05, 0) is 55.3 Å². The monoisotopic (exact) mass is 529 g/mol. The van der Waals surface area contributed by atoms with E-state index in [2.05, 4.69) is 25.3 Å². The Labute approximate surface area is 216 Å². The standard InChI is InChI=1S/C25H26F3N7O3/c1-3-18-20(35(34-33-18)10-17(37)11-36)12-38-24-21(15-8-13(2)30-19(9-15)23(27)28)22(31-25(29)32-24)14-4-6-16(26)7-5-14/h4-9,17,23,36-37H,3,10-12H2,1-2H3,(H2,29,31,32)/t17-/m1/s1. The summed E-state index contributed by atoms with van der Waals surface area (Å²) in [6.07, 6.45) is -3.38. The lowest BCUT2D eigenvalue weighted by atomic mass is 9.99. The van der Waals surface area contributed by atoms with Gasteiger partial charge in [-0.1, -0.05) is 12.1 Å². The van der Waals surface area contributed by atoms with Gasteiger partial charge in [-0.3, -0.25) is 4.98 Å². The molecule has 13 heteroatoms. The number of nitrogen functional groups attached to an aromatic ring is 1. The number of ether oxygens (including phenoxy) is 1. The summed E-state index contributed by atoms with van der Waals surface area (Å²) in [6.45, 7) is 2.83. The smallest absolute Gasteiger partial charge is 0.280 e. The Bertz CT molecular complexity index is 1410. The SMILES string of the molecule is CCc1nnn(C[C@@H](O)CO)c1COc1nc(N)nc(-c2ccc(F)cc2)c1-c1cc(C)nc(C(F)F)c1. The van der Waals surface area contributed by atoms with Crippen LogP contribution >= 0.6 is 0 Å². The Balaban J connectivity index is 1.85. The quantitative estimate of drug-likeness (QED) is 0.282. The zero-order valence-corrected chi connectivity index (χ0v) is 20.6. The molecule has 0 aliphatic carbocycles. The zero-order valence-electron chi connectivity index (χ0n) is 20.6. The second-order valence-electron chi connectivity index (χ2n) is 8.48. The number of alkyl halides is 2. The van der Waals surface area contributed by atoms with E-state index in [-0.39, 0.29) is 36.2 Å². The number of aliphatic hydroxyl groups is 2. The van der Waals surface area contributed by atoms with Gasteiger partial charge in [0.1, 0.15) is 18.1 Å². The summed E-state index contributed by atoms with van der Waals surface area (Å²) >= 11 is 0. The molecule has 1 aromatic carbocycles. The number of anilines is 1. The van der Waals surface area contributed by atoms with Gasteiger partial charge in [-0.25, -0.2) is 22.8 Å². The molecule has 0 aliphatic heterocycles. The van der Waals surface area contributed by atoms with Crippen LogP contribution in [0.2, 0.25) is 0 Å². The Morgan fingerprint density at radius 2 is 1.82 bits per heavy atom. The molecule has 4 aromatic rings. The number of rotatable bonds is 10. The van der Waals surface area contributed by atoms with Crippen molar-refractivity contribution < 1.29 is 28.1 Å². The molecule has 3 aromatic heterocycles. The molecular formula is C25H26F3N7O3. The average molecular weight is 530 g/mol. The van der Waals surface area contributed by atoms with Gasteiger partial charge in [0.2, 0.25) is 11.8 Å². The van der Waals surface area contributed by atoms with Crippen LogP contribution in [0.3, 0.4) is 0 Å². The first-order valence-corrected chi connectivity index (χ1v) is 11.7. The molecule has 1 atom stereocenters. The highest BCUT2D eigenvalue weighted by atomic mass is 19.3. The van der Waals surface area contributed by atoms with Crippen LogP contribution in [-0.4, -0.2) is 52.9 Å². The van der Waals surface area contributed by atoms with E-state index in [4.69, 9.17) is 10.5 Å². The molecule has 0 spiro atoms. The van der Waals surface area contributed by atoms with Gasteiger partial charge in [0, 0.05) is 11.3 Å². The van der Waals surface area contributed by atoms with E-state index >= 15 is 0 Å². The molecule has 0 fully saturated rings. The van der Waals surface area contributed by atoms with Crippen LogP contribution in [0.15, 0.2) is 36.4 Å². The van der Waals surface area contributed by atoms with Crippen LogP contribution in [0.25, 0.3) is 22.4 Å². The van der Waals surface area contributed by atoms with Crippen molar-refractivity contribution >= 4 is 5.95 Å². The maximum absolute atomic E-state index is 13.7. The molecule has 0 unspecified atom stereocenters. The van der Waals surface area contributed by atoms with Crippen LogP contribution in [0, 0.1) is 12.7 Å². The molecule has 3 heterocycles. The van der Waals surface area contributed by atoms with E-state index < -0.39 is 30.6 Å². The number of aliphatic hydroxyl groups excluding tert-OH is 2. The van der Waals surface area contributed by atoms with Crippen LogP contribution in [0.1, 0.15) is 36.1 Å². The Kier molecular flexibility index (Phi) is 8.17. The molecule has 10 nitrogen and oxygen atoms in total. The van der Waals surface area contributed by atoms with Gasteiger partial charge in [0.25, 0.3) is 6.43 Å². The van der Waals surface area contributed by atoms with Crippen molar-refractivity contribution in [1.82, 2.24) is 29.9 Å². The molecule has 200 valence electrons. The van der Waals surface area contributed by atoms with E-state index in [1.54, 1.807) is 13.0 Å². The lowest BCUT2D eigenvalue weighted by Crippen LogP contribution is -2.23. The molecule has 0 radical (unpaired) electrons. The minimum atomic E-state index is -2.83. The predicted molar refractivity (Wildman–Crippen MR) is 132 cm³/mol. The van der Waals surface area contributed by atoms with Crippen molar-refractivity contribution in [3.05, 3.63) is 65.0 Å². The summed E-state index contributed by atoms with van der Waals surface area (Å²) in [5, 5.41) is 27.3. The molecule has 0 amide bonds. The third kappa shape index (κ3) is 5.89. The number of halogens is 3. The third-order valence-electron chi connectivity index (χ3n) is 5.69. The lowest BCUT2D eigenvalue weighted by molar-refractivity contribution is 0.0760. The summed E-state index contributed by atoms with van der Waals surface area (Å²) < 4.78 is 48.4. The lowest BCUT2D eigenvalue weighted by Gasteiger charge is -2.17. The van der Waals surface area contributed by atoms with Gasteiger partial charge >= 0.3 is 0 Å². The van der Waals surface area contributed by atoms with Gasteiger partial charge in [-0.15, -0.1) is 5.10 Å². The number of hydrogen-bond acceptors (Lipinski definition) is 9. The van der Waals surface area contributed by atoms with Crippen molar-refractivity contribution in [3.8, 4) is 28.3 Å². The number of nitrogens with zero attached hydrogens (tertiary/aromatic N) is 6. The largest absolute Gasteiger partial charge is 0.471 e. The number of nitrogens with two attached hydrogens (primary N) is 1. The van der Waals surface area contributed by atoms with Crippen LogP contribution in [0.4, 0.5) is 19.1 Å². The van der Waals surface area contributed by atoms with Crippen molar-refractivity contribution in [2.45, 2.75) is 45.9 Å². The molecule has 0 aliphatic rings. The molecule has 4 rings (SSSR count). The summed E-state index contributed by atoms with van der Waals surface area (Å²) in [5.41, 5.74) is 8.27. The van der Waals surface area contributed by atoms with Gasteiger partial charge in [0.15, 0.2) is 0 Å². The van der Waals surface area contributed by atoms with E-state index in [0.717, 1.165) is 0 Å². The van der Waals surface area contributed by atoms with Crippen molar-refractivity contribution in [1.29, 1.82) is 0 Å². The topological polar surface area (TPSA) is 145 Å². The first kappa shape index (κ1) is 26.9. The highest BCUT2D eigenvalue weighted by molar-refractivity contribution is 5.85. The maximum Gasteiger partial charge on any atom is 0.280 e. The van der Waals surface area contributed by atoms with E-state index in [1.807, 2.05) is 6.92 Å². The fourth-order valence-corrected chi connectivity index (χ4v) is 3.93. The number of pyridine rings is 1. The summed E-state index contributed by atoms with van der Waals surface area (Å²) in [5.74, 6) is -0.632. The Morgan fingerprint density at radius 3 is 2.47 bits per heavy atom. The van der Waals surface area contributed by atoms with Crippen LogP contribution < -0.4 is 10.5 Å². The van der Waals surface area contributed by atoms with Gasteiger partial charge in [-0.2, -0.15) is 4.98 Å². The third-order valence-corrected chi connectivity index (χ3v) is 5.69. The Morgan fingerprint density at radius 1 is 1.08 bits per heavy atom. The second kappa shape index (κ2) is 11.5. The molecule has 0 bridgehead atoms. The molecule has 0 saturated carbocycles. The molecule has 0 saturated heterocycles. The van der Waals surface area contributed by atoms with Crippen LogP contribution in [0.5, 0.6) is 5.88 Å². The van der Waals surface area contributed by atoms with E-state index in [1.165, 1.54) is 35.0 Å². The fourth-order valence-electron chi connectivity index (χ4n) is 3.93. The average Bonchev–Trinajstić information content (AvgIpc) is 3.28. The molecule has 38 heavy (non-hydrogen) atoms. The highest BCUT2D eigenvalue weighted by Gasteiger charge is 2.23. The second-order valence-corrected chi connectivity index (χ2v) is 8.48. The van der Waals surface area contributed by atoms with Gasteiger partial charge < -0.3 is 20.7 Å². The van der Waals surface area contributed by atoms with Gasteiger partial charge in [0.05, 0.1) is 41.9 Å². The minimum Gasteiger partial charge on any atom is -0.471 e. The maximum atomic E-state index is 13.7. The van der Waals surface area contributed by atoms with Crippen LogP contribution in [-0.2, 0) is 19.6 Å². The Hall–Kier alpha value is -4.10. The first-order chi connectivity index (χ1) is 18.2. The summed E-state index contributed by atoms with van der Waals surface area (Å²) in [6, 6.07) is 8.25. The van der Waals surface area contributed by atoms with E-state index in [0.29, 0.717) is 34.6 Å². The van der Waals surface area contributed by atoms with Crippen molar-refractivity contribution in [3.63, 3.8) is 0 Å². The predicted octanol–water partition coefficient (Wildman–Crippen LogP) is 3.26. The first-order valence-electron chi connectivity index (χ1n) is 11.7. The molecular weight excluding hydrogens is 503 g/mol. The van der Waals surface area contributed by atoms with E-state index in [9.17, 15) is 23.4 Å². The highest BCUT2D eigenvalue weighted by Crippen LogP contribution is 2.39. The minimum absolute atomic E-state index is 0.0137.